The SMILES string of the molecule is Cc1cccc(N(CN2C(=O)c3ccccc3C2=O)C(=O)c2ccccc2)c1. The van der Waals surface area contributed by atoms with Crippen molar-refractivity contribution in [3.63, 3.8) is 0 Å². The van der Waals surface area contributed by atoms with Gasteiger partial charge in [0.2, 0.25) is 0 Å². The van der Waals surface area contributed by atoms with Crippen LogP contribution in [0.25, 0.3) is 0 Å². The van der Waals surface area contributed by atoms with E-state index in [4.69, 9.17) is 0 Å². The summed E-state index contributed by atoms with van der Waals surface area (Å²) in [4.78, 5) is 41.3. The van der Waals surface area contributed by atoms with Gasteiger partial charge in [-0.3, -0.25) is 24.2 Å². The number of amides is 3. The van der Waals surface area contributed by atoms with E-state index in [0.29, 0.717) is 22.4 Å². The average Bonchev–Trinajstić information content (AvgIpc) is 2.97. The van der Waals surface area contributed by atoms with Crippen molar-refractivity contribution in [2.75, 3.05) is 11.6 Å². The number of carbonyl (C=O) groups is 3. The Labute approximate surface area is 162 Å². The van der Waals surface area contributed by atoms with E-state index >= 15 is 0 Å². The zero-order valence-corrected chi connectivity index (χ0v) is 15.3. The highest BCUT2D eigenvalue weighted by molar-refractivity contribution is 6.22. The Kier molecular flexibility index (Phi) is 4.49. The lowest BCUT2D eigenvalue weighted by Crippen LogP contribution is -2.44. The van der Waals surface area contributed by atoms with Crippen molar-refractivity contribution in [2.24, 2.45) is 0 Å². The van der Waals surface area contributed by atoms with Crippen molar-refractivity contribution in [1.29, 1.82) is 0 Å². The first-order valence-corrected chi connectivity index (χ1v) is 8.95. The first-order valence-electron chi connectivity index (χ1n) is 8.95. The molecule has 0 bridgehead atoms. The summed E-state index contributed by atoms with van der Waals surface area (Å²) in [5.41, 5.74) is 2.82. The summed E-state index contributed by atoms with van der Waals surface area (Å²) >= 11 is 0. The van der Waals surface area contributed by atoms with Gasteiger partial charge in [-0.05, 0) is 48.9 Å². The topological polar surface area (TPSA) is 57.7 Å². The smallest absolute Gasteiger partial charge is 0.263 e. The Bertz CT molecular complexity index is 1040. The van der Waals surface area contributed by atoms with Gasteiger partial charge in [0.25, 0.3) is 17.7 Å². The van der Waals surface area contributed by atoms with Gasteiger partial charge in [-0.2, -0.15) is 0 Å². The molecule has 0 N–H and O–H groups in total. The van der Waals surface area contributed by atoms with Crippen LogP contribution in [0.15, 0.2) is 78.9 Å². The van der Waals surface area contributed by atoms with E-state index in [1.807, 2.05) is 31.2 Å². The van der Waals surface area contributed by atoms with Gasteiger partial charge in [-0.1, -0.05) is 42.5 Å². The maximum absolute atomic E-state index is 13.2. The average molecular weight is 370 g/mol. The van der Waals surface area contributed by atoms with E-state index in [1.165, 1.54) is 4.90 Å². The predicted molar refractivity (Wildman–Crippen MR) is 106 cm³/mol. The van der Waals surface area contributed by atoms with Crippen LogP contribution in [0, 0.1) is 6.92 Å². The Balaban J connectivity index is 1.72. The second-order valence-electron chi connectivity index (χ2n) is 6.66. The molecule has 0 saturated heterocycles. The van der Waals surface area contributed by atoms with Gasteiger partial charge in [-0.15, -0.1) is 0 Å². The highest BCUT2D eigenvalue weighted by atomic mass is 16.2. The molecule has 1 heterocycles. The molecule has 0 radical (unpaired) electrons. The molecule has 0 unspecified atom stereocenters. The van der Waals surface area contributed by atoms with Crippen LogP contribution in [-0.4, -0.2) is 29.3 Å². The van der Waals surface area contributed by atoms with Crippen molar-refractivity contribution in [3.05, 3.63) is 101 Å². The number of imide groups is 1. The zero-order chi connectivity index (χ0) is 19.7. The molecule has 0 spiro atoms. The van der Waals surface area contributed by atoms with E-state index < -0.39 is 0 Å². The number of benzene rings is 3. The Morgan fingerprint density at radius 2 is 1.43 bits per heavy atom. The number of aryl methyl sites for hydroxylation is 1. The van der Waals surface area contributed by atoms with Crippen LogP contribution in [0.4, 0.5) is 5.69 Å². The molecule has 5 heteroatoms. The summed E-state index contributed by atoms with van der Waals surface area (Å²) in [6.07, 6.45) is 0. The van der Waals surface area contributed by atoms with Gasteiger partial charge in [0, 0.05) is 11.3 Å². The largest absolute Gasteiger partial charge is 0.290 e. The van der Waals surface area contributed by atoms with Crippen LogP contribution >= 0.6 is 0 Å². The van der Waals surface area contributed by atoms with Gasteiger partial charge in [-0.25, -0.2) is 0 Å². The molecule has 0 saturated carbocycles. The molecule has 0 aliphatic carbocycles. The van der Waals surface area contributed by atoms with Crippen LogP contribution in [0.3, 0.4) is 0 Å². The van der Waals surface area contributed by atoms with Crippen molar-refractivity contribution in [1.82, 2.24) is 4.90 Å². The Hall–Kier alpha value is -3.73. The van der Waals surface area contributed by atoms with E-state index in [0.717, 1.165) is 10.5 Å². The molecule has 4 rings (SSSR count). The molecule has 0 aromatic heterocycles. The summed E-state index contributed by atoms with van der Waals surface area (Å²) in [5, 5.41) is 0. The zero-order valence-electron chi connectivity index (χ0n) is 15.3. The van der Waals surface area contributed by atoms with Crippen molar-refractivity contribution < 1.29 is 14.4 Å². The van der Waals surface area contributed by atoms with Crippen molar-refractivity contribution in [3.8, 4) is 0 Å². The standard InChI is InChI=1S/C23H18N2O3/c1-16-8-7-11-18(14-16)24(21(26)17-9-3-2-4-10-17)15-25-22(27)19-12-5-6-13-20(19)23(25)28/h2-14H,15H2,1H3. The van der Waals surface area contributed by atoms with Gasteiger partial charge >= 0.3 is 0 Å². The summed E-state index contributed by atoms with van der Waals surface area (Å²) in [7, 11) is 0. The number of carbonyl (C=O) groups excluding carboxylic acids is 3. The third-order valence-electron chi connectivity index (χ3n) is 4.74. The highest BCUT2D eigenvalue weighted by Crippen LogP contribution is 2.25. The fourth-order valence-corrected chi connectivity index (χ4v) is 3.30. The minimum Gasteiger partial charge on any atom is -0.290 e. The van der Waals surface area contributed by atoms with Crippen LogP contribution < -0.4 is 4.90 Å². The number of hydrogen-bond donors (Lipinski definition) is 0. The molecule has 5 nitrogen and oxygen atoms in total. The summed E-state index contributed by atoms with van der Waals surface area (Å²) in [6.45, 7) is 1.78. The number of hydrogen-bond acceptors (Lipinski definition) is 3. The molecule has 0 fully saturated rings. The minimum atomic E-state index is -0.390. The first kappa shape index (κ1) is 17.7. The van der Waals surface area contributed by atoms with Crippen LogP contribution in [-0.2, 0) is 0 Å². The predicted octanol–water partition coefficient (Wildman–Crippen LogP) is 3.90. The van der Waals surface area contributed by atoms with Crippen molar-refractivity contribution in [2.45, 2.75) is 6.92 Å². The lowest BCUT2D eigenvalue weighted by molar-refractivity contribution is 0.0650. The van der Waals surface area contributed by atoms with Crippen LogP contribution in [0.2, 0.25) is 0 Å². The minimum absolute atomic E-state index is 0.149. The molecule has 3 aromatic rings. The molecular formula is C23H18N2O3. The number of fused-ring (bicyclic) bond motifs is 1. The Morgan fingerprint density at radius 1 is 0.821 bits per heavy atom. The van der Waals surface area contributed by atoms with E-state index in [-0.39, 0.29) is 24.4 Å². The van der Waals surface area contributed by atoms with Gasteiger partial charge in [0.05, 0.1) is 11.1 Å². The maximum atomic E-state index is 13.2. The lowest BCUT2D eigenvalue weighted by Gasteiger charge is -2.27. The molecule has 1 aliphatic heterocycles. The van der Waals surface area contributed by atoms with E-state index in [2.05, 4.69) is 0 Å². The van der Waals surface area contributed by atoms with Gasteiger partial charge in [0.1, 0.15) is 6.67 Å². The molecule has 1 aliphatic rings. The summed E-state index contributed by atoms with van der Waals surface area (Å²) in [5.74, 6) is -1.05. The van der Waals surface area contributed by atoms with Gasteiger partial charge in [0.15, 0.2) is 0 Å². The number of anilines is 1. The maximum Gasteiger partial charge on any atom is 0.263 e. The fourth-order valence-electron chi connectivity index (χ4n) is 3.30. The summed E-state index contributed by atoms with van der Waals surface area (Å²) in [6, 6.07) is 23.0. The van der Waals surface area contributed by atoms with Gasteiger partial charge < -0.3 is 0 Å². The van der Waals surface area contributed by atoms with Crippen LogP contribution in [0.5, 0.6) is 0 Å². The molecular weight excluding hydrogens is 352 g/mol. The number of rotatable bonds is 4. The molecule has 138 valence electrons. The normalized spacial score (nSPS) is 12.8. The molecule has 28 heavy (non-hydrogen) atoms. The molecule has 3 amide bonds. The fraction of sp³-hybridized carbons (Fsp3) is 0.0870. The highest BCUT2D eigenvalue weighted by Gasteiger charge is 2.37. The van der Waals surface area contributed by atoms with Crippen molar-refractivity contribution >= 4 is 23.4 Å². The molecule has 0 atom stereocenters. The van der Waals surface area contributed by atoms with Crippen LogP contribution in [0.1, 0.15) is 36.6 Å². The second-order valence-corrected chi connectivity index (χ2v) is 6.66. The number of nitrogens with zero attached hydrogens (tertiary/aromatic N) is 2. The Morgan fingerprint density at radius 3 is 2.04 bits per heavy atom. The summed E-state index contributed by atoms with van der Waals surface area (Å²) < 4.78 is 0. The quantitative estimate of drug-likeness (QED) is 0.655. The first-order chi connectivity index (χ1) is 13.6. The monoisotopic (exact) mass is 370 g/mol. The third-order valence-corrected chi connectivity index (χ3v) is 4.74. The lowest BCUT2D eigenvalue weighted by atomic mass is 10.1. The van der Waals surface area contributed by atoms with E-state index in [1.54, 1.807) is 54.6 Å². The third kappa shape index (κ3) is 3.07. The molecule has 3 aromatic carbocycles. The second kappa shape index (κ2) is 7.12. The van der Waals surface area contributed by atoms with E-state index in [9.17, 15) is 14.4 Å².